The molecule has 6 nitrogen and oxygen atoms in total. The largest absolute Gasteiger partial charge is 0.276 e. The number of nitrogens with zero attached hydrogens (tertiary/aromatic N) is 5. The first-order valence-electron chi connectivity index (χ1n) is 10.4. The summed E-state index contributed by atoms with van der Waals surface area (Å²) in [5.74, 6) is 0.511. The second-order valence-electron chi connectivity index (χ2n) is 8.15. The standard InChI is InChI=1S/C24H23N5OS/c1-16(2)13-28-14-18(11-25-28)20-15-31-22-12-26-29(24(30)23(20)22)10-9-19-8-7-17-5-3-4-6-21(17)27-19/h3-8,11-12,14-16H,9-10,13H2,1-2H3. The van der Waals surface area contributed by atoms with Crippen LogP contribution in [0.15, 0.2) is 65.2 Å². The molecule has 0 aliphatic heterocycles. The molecule has 0 amide bonds. The highest BCUT2D eigenvalue weighted by molar-refractivity contribution is 7.17. The van der Waals surface area contributed by atoms with Crippen molar-refractivity contribution >= 4 is 32.3 Å². The van der Waals surface area contributed by atoms with Gasteiger partial charge in [0, 0.05) is 46.7 Å². The highest BCUT2D eigenvalue weighted by Gasteiger charge is 2.15. The van der Waals surface area contributed by atoms with E-state index in [2.05, 4.69) is 30.1 Å². The summed E-state index contributed by atoms with van der Waals surface area (Å²) in [5.41, 5.74) is 3.76. The normalized spacial score (nSPS) is 11.7. The van der Waals surface area contributed by atoms with Gasteiger partial charge in [0.1, 0.15) is 0 Å². The summed E-state index contributed by atoms with van der Waals surface area (Å²) in [4.78, 5) is 18.0. The predicted molar refractivity (Wildman–Crippen MR) is 125 cm³/mol. The van der Waals surface area contributed by atoms with Crippen LogP contribution in [-0.4, -0.2) is 24.5 Å². The molecule has 0 saturated carbocycles. The van der Waals surface area contributed by atoms with E-state index in [-0.39, 0.29) is 5.56 Å². The first-order valence-corrected chi connectivity index (χ1v) is 11.3. The quantitative estimate of drug-likeness (QED) is 0.390. The molecule has 5 rings (SSSR count). The molecule has 0 aliphatic rings. The van der Waals surface area contributed by atoms with Crippen molar-refractivity contribution in [1.29, 1.82) is 0 Å². The van der Waals surface area contributed by atoms with Crippen molar-refractivity contribution in [2.24, 2.45) is 5.92 Å². The Morgan fingerprint density at radius 2 is 1.94 bits per heavy atom. The van der Waals surface area contributed by atoms with Crippen LogP contribution in [0, 0.1) is 5.92 Å². The molecule has 0 saturated heterocycles. The third-order valence-corrected chi connectivity index (χ3v) is 6.23. The summed E-state index contributed by atoms with van der Waals surface area (Å²) in [6.45, 7) is 5.67. The minimum Gasteiger partial charge on any atom is -0.272 e. The maximum atomic E-state index is 13.3. The molecule has 7 heteroatoms. The summed E-state index contributed by atoms with van der Waals surface area (Å²) in [6.07, 6.45) is 6.30. The van der Waals surface area contributed by atoms with Gasteiger partial charge in [-0.05, 0) is 18.1 Å². The van der Waals surface area contributed by atoms with E-state index in [1.54, 1.807) is 22.2 Å². The van der Waals surface area contributed by atoms with E-state index in [4.69, 9.17) is 4.98 Å². The molecule has 31 heavy (non-hydrogen) atoms. The van der Waals surface area contributed by atoms with E-state index < -0.39 is 0 Å². The molecule has 0 spiro atoms. The average Bonchev–Trinajstić information content (AvgIpc) is 3.40. The minimum absolute atomic E-state index is 0.0638. The average molecular weight is 430 g/mol. The number of hydrogen-bond donors (Lipinski definition) is 0. The molecule has 0 unspecified atom stereocenters. The summed E-state index contributed by atoms with van der Waals surface area (Å²) in [6, 6.07) is 12.1. The lowest BCUT2D eigenvalue weighted by atomic mass is 10.1. The van der Waals surface area contributed by atoms with Crippen LogP contribution in [0.1, 0.15) is 19.5 Å². The Kier molecular flexibility index (Phi) is 5.11. The lowest BCUT2D eigenvalue weighted by Gasteiger charge is -2.06. The highest BCUT2D eigenvalue weighted by Crippen LogP contribution is 2.31. The first-order chi connectivity index (χ1) is 15.1. The Bertz CT molecular complexity index is 1430. The van der Waals surface area contributed by atoms with Crippen LogP contribution in [0.5, 0.6) is 0 Å². The van der Waals surface area contributed by atoms with Gasteiger partial charge in [-0.15, -0.1) is 11.3 Å². The number of rotatable bonds is 6. The summed E-state index contributed by atoms with van der Waals surface area (Å²) >= 11 is 1.55. The molecule has 4 heterocycles. The van der Waals surface area contributed by atoms with Gasteiger partial charge in [0.2, 0.25) is 0 Å². The Balaban J connectivity index is 1.44. The highest BCUT2D eigenvalue weighted by atomic mass is 32.1. The second kappa shape index (κ2) is 8.07. The maximum absolute atomic E-state index is 13.3. The van der Waals surface area contributed by atoms with Gasteiger partial charge in [0.25, 0.3) is 5.56 Å². The van der Waals surface area contributed by atoms with Gasteiger partial charge in [-0.2, -0.15) is 10.2 Å². The van der Waals surface area contributed by atoms with Crippen molar-refractivity contribution in [3.05, 3.63) is 76.4 Å². The number of para-hydroxylation sites is 1. The maximum Gasteiger partial charge on any atom is 0.276 e. The SMILES string of the molecule is CC(C)Cn1cc(-c2csc3cnn(CCc4ccc5ccccc5n4)c(=O)c23)cn1. The molecule has 156 valence electrons. The number of aromatic nitrogens is 5. The van der Waals surface area contributed by atoms with Gasteiger partial charge >= 0.3 is 0 Å². The van der Waals surface area contributed by atoms with Gasteiger partial charge < -0.3 is 0 Å². The van der Waals surface area contributed by atoms with Crippen molar-refractivity contribution in [2.75, 3.05) is 0 Å². The smallest absolute Gasteiger partial charge is 0.272 e. The monoisotopic (exact) mass is 429 g/mol. The Morgan fingerprint density at radius 3 is 2.81 bits per heavy atom. The zero-order chi connectivity index (χ0) is 21.4. The van der Waals surface area contributed by atoms with Crippen molar-refractivity contribution in [2.45, 2.75) is 33.4 Å². The molecule has 0 bridgehead atoms. The van der Waals surface area contributed by atoms with Crippen LogP contribution in [0.25, 0.3) is 32.1 Å². The fourth-order valence-corrected chi connectivity index (χ4v) is 4.73. The van der Waals surface area contributed by atoms with Crippen LogP contribution in [0.2, 0.25) is 0 Å². The van der Waals surface area contributed by atoms with Crippen molar-refractivity contribution in [3.8, 4) is 11.1 Å². The Morgan fingerprint density at radius 1 is 1.06 bits per heavy atom. The van der Waals surface area contributed by atoms with Crippen molar-refractivity contribution in [1.82, 2.24) is 24.5 Å². The zero-order valence-electron chi connectivity index (χ0n) is 17.5. The molecule has 4 aromatic heterocycles. The third-order valence-electron chi connectivity index (χ3n) is 5.31. The molecule has 5 aromatic rings. The summed E-state index contributed by atoms with van der Waals surface area (Å²) < 4.78 is 4.39. The van der Waals surface area contributed by atoms with Crippen LogP contribution < -0.4 is 5.56 Å². The molecule has 0 atom stereocenters. The topological polar surface area (TPSA) is 65.6 Å². The van der Waals surface area contributed by atoms with E-state index in [1.807, 2.05) is 52.8 Å². The van der Waals surface area contributed by atoms with Crippen LogP contribution >= 0.6 is 11.3 Å². The molecule has 0 N–H and O–H groups in total. The fraction of sp³-hybridized carbons (Fsp3) is 0.250. The number of aryl methyl sites for hydroxylation is 2. The number of fused-ring (bicyclic) bond motifs is 2. The van der Waals surface area contributed by atoms with E-state index in [9.17, 15) is 4.79 Å². The lowest BCUT2D eigenvalue weighted by molar-refractivity contribution is 0.483. The van der Waals surface area contributed by atoms with E-state index in [1.165, 1.54) is 0 Å². The van der Waals surface area contributed by atoms with Gasteiger partial charge in [-0.3, -0.25) is 14.5 Å². The third kappa shape index (κ3) is 3.88. The summed E-state index contributed by atoms with van der Waals surface area (Å²) in [5, 5.41) is 12.7. The fourth-order valence-electron chi connectivity index (χ4n) is 3.81. The molecule has 0 aliphatic carbocycles. The number of pyridine rings is 1. The van der Waals surface area contributed by atoms with Crippen molar-refractivity contribution in [3.63, 3.8) is 0 Å². The van der Waals surface area contributed by atoms with Crippen LogP contribution in [0.3, 0.4) is 0 Å². The minimum atomic E-state index is -0.0638. The number of thiophene rings is 1. The van der Waals surface area contributed by atoms with Gasteiger partial charge in [-0.25, -0.2) is 4.68 Å². The van der Waals surface area contributed by atoms with Gasteiger partial charge in [0.05, 0.1) is 34.5 Å². The van der Waals surface area contributed by atoms with Crippen LogP contribution in [0.4, 0.5) is 0 Å². The molecule has 0 radical (unpaired) electrons. The summed E-state index contributed by atoms with van der Waals surface area (Å²) in [7, 11) is 0. The van der Waals surface area contributed by atoms with Crippen molar-refractivity contribution < 1.29 is 0 Å². The molecular formula is C24H23N5OS. The zero-order valence-corrected chi connectivity index (χ0v) is 18.3. The number of benzene rings is 1. The van der Waals surface area contributed by atoms with E-state index in [0.29, 0.717) is 18.9 Å². The molecular weight excluding hydrogens is 406 g/mol. The van der Waals surface area contributed by atoms with E-state index in [0.717, 1.165) is 44.4 Å². The predicted octanol–water partition coefficient (Wildman–Crippen LogP) is 4.77. The first kappa shape index (κ1) is 19.6. The van der Waals surface area contributed by atoms with Gasteiger partial charge in [-0.1, -0.05) is 38.1 Å². The molecule has 1 aromatic carbocycles. The van der Waals surface area contributed by atoms with Crippen LogP contribution in [-0.2, 0) is 19.5 Å². The molecule has 0 fully saturated rings. The Labute approximate surface area is 183 Å². The van der Waals surface area contributed by atoms with E-state index >= 15 is 0 Å². The lowest BCUT2D eigenvalue weighted by Crippen LogP contribution is -2.23. The second-order valence-corrected chi connectivity index (χ2v) is 9.06. The Hall–Kier alpha value is -3.32. The van der Waals surface area contributed by atoms with Gasteiger partial charge in [0.15, 0.2) is 0 Å². The number of hydrogen-bond acceptors (Lipinski definition) is 5.